The molecule has 1 amide bonds. The van der Waals surface area contributed by atoms with Gasteiger partial charge in [0.15, 0.2) is 5.54 Å². The third-order valence-corrected chi connectivity index (χ3v) is 4.27. The minimum absolute atomic E-state index is 0.138. The standard InChI is InChI=1S/C18H21ClN2O4/c1-11-8-15(16(22)20-18(3,10-25-4)17(23)24)12(2)21(11)14-7-5-6-13(19)9-14/h5-9H,10H2,1-4H3,(H,20,22)(H,23,24). The van der Waals surface area contributed by atoms with Gasteiger partial charge >= 0.3 is 5.97 Å². The second kappa shape index (κ2) is 7.29. The van der Waals surface area contributed by atoms with Crippen LogP contribution in [0.25, 0.3) is 5.69 Å². The summed E-state index contributed by atoms with van der Waals surface area (Å²) in [5.41, 5.74) is 1.27. The van der Waals surface area contributed by atoms with Gasteiger partial charge in [0.2, 0.25) is 0 Å². The Kier molecular flexibility index (Phi) is 5.55. The van der Waals surface area contributed by atoms with Crippen LogP contribution >= 0.6 is 11.6 Å². The van der Waals surface area contributed by atoms with Crippen LogP contribution in [0.5, 0.6) is 0 Å². The molecule has 2 N–H and O–H groups in total. The molecule has 0 aliphatic heterocycles. The summed E-state index contributed by atoms with van der Waals surface area (Å²) in [6, 6.07) is 9.02. The Labute approximate surface area is 151 Å². The number of carboxylic acid groups (broad SMARTS) is 1. The van der Waals surface area contributed by atoms with Crippen LogP contribution in [0.2, 0.25) is 5.02 Å². The van der Waals surface area contributed by atoms with Crippen LogP contribution in [0.3, 0.4) is 0 Å². The summed E-state index contributed by atoms with van der Waals surface area (Å²) >= 11 is 6.05. The lowest BCUT2D eigenvalue weighted by molar-refractivity contribution is -0.145. The van der Waals surface area contributed by atoms with E-state index in [0.29, 0.717) is 16.3 Å². The van der Waals surface area contributed by atoms with Gasteiger partial charge in [-0.25, -0.2) is 4.79 Å². The first-order valence-corrected chi connectivity index (χ1v) is 8.07. The predicted molar refractivity (Wildman–Crippen MR) is 95.6 cm³/mol. The molecule has 0 radical (unpaired) electrons. The number of hydrogen-bond donors (Lipinski definition) is 2. The van der Waals surface area contributed by atoms with Crippen molar-refractivity contribution < 1.29 is 19.4 Å². The second-order valence-electron chi connectivity index (χ2n) is 6.12. The first-order chi connectivity index (χ1) is 11.7. The fourth-order valence-electron chi connectivity index (χ4n) is 2.76. The molecular formula is C18H21ClN2O4. The molecule has 1 heterocycles. The maximum absolute atomic E-state index is 12.7. The number of amides is 1. The number of aliphatic carboxylic acids is 1. The molecule has 0 spiro atoms. The average molecular weight is 365 g/mol. The van der Waals surface area contributed by atoms with Crippen LogP contribution in [0, 0.1) is 13.8 Å². The molecule has 0 aliphatic carbocycles. The molecule has 2 aromatic rings. The number of ether oxygens (including phenoxy) is 1. The quantitative estimate of drug-likeness (QED) is 0.825. The van der Waals surface area contributed by atoms with Crippen LogP contribution < -0.4 is 5.32 Å². The van der Waals surface area contributed by atoms with Crippen molar-refractivity contribution in [1.29, 1.82) is 0 Å². The topological polar surface area (TPSA) is 80.6 Å². The number of rotatable bonds is 6. The lowest BCUT2D eigenvalue weighted by Gasteiger charge is -2.25. The highest BCUT2D eigenvalue weighted by Gasteiger charge is 2.36. The summed E-state index contributed by atoms with van der Waals surface area (Å²) in [5.74, 6) is -1.63. The van der Waals surface area contributed by atoms with Crippen molar-refractivity contribution >= 4 is 23.5 Å². The van der Waals surface area contributed by atoms with Crippen LogP contribution in [-0.2, 0) is 9.53 Å². The van der Waals surface area contributed by atoms with E-state index in [9.17, 15) is 14.7 Å². The molecule has 0 bridgehead atoms. The van der Waals surface area contributed by atoms with Gasteiger partial charge in [0, 0.05) is 29.2 Å². The average Bonchev–Trinajstić information content (AvgIpc) is 2.82. The van der Waals surface area contributed by atoms with Gasteiger partial charge in [0.25, 0.3) is 5.91 Å². The first kappa shape index (κ1) is 19.0. The highest BCUT2D eigenvalue weighted by Crippen LogP contribution is 2.23. The van der Waals surface area contributed by atoms with E-state index in [4.69, 9.17) is 16.3 Å². The zero-order chi connectivity index (χ0) is 18.8. The number of carboxylic acids is 1. The highest BCUT2D eigenvalue weighted by molar-refractivity contribution is 6.30. The number of nitrogens with one attached hydrogen (secondary N) is 1. The van der Waals surface area contributed by atoms with Gasteiger partial charge in [-0.15, -0.1) is 0 Å². The van der Waals surface area contributed by atoms with Crippen LogP contribution in [0.1, 0.15) is 28.7 Å². The number of carbonyl (C=O) groups excluding carboxylic acids is 1. The lowest BCUT2D eigenvalue weighted by atomic mass is 10.0. The van der Waals surface area contributed by atoms with Crippen LogP contribution in [0.4, 0.5) is 0 Å². The van der Waals surface area contributed by atoms with Gasteiger partial charge in [-0.3, -0.25) is 4.79 Å². The number of methoxy groups -OCH3 is 1. The molecular weight excluding hydrogens is 344 g/mol. The van der Waals surface area contributed by atoms with Crippen LogP contribution in [-0.4, -0.2) is 40.8 Å². The number of nitrogens with zero attached hydrogens (tertiary/aromatic N) is 1. The molecule has 1 aromatic heterocycles. The van der Waals surface area contributed by atoms with Crippen LogP contribution in [0.15, 0.2) is 30.3 Å². The van der Waals surface area contributed by atoms with E-state index in [1.165, 1.54) is 14.0 Å². The molecule has 25 heavy (non-hydrogen) atoms. The predicted octanol–water partition coefficient (Wildman–Crippen LogP) is 2.97. The molecule has 1 aromatic carbocycles. The Morgan fingerprint density at radius 2 is 2.00 bits per heavy atom. The number of aryl methyl sites for hydroxylation is 1. The Hall–Kier alpha value is -2.31. The van der Waals surface area contributed by atoms with E-state index < -0.39 is 17.4 Å². The molecule has 0 saturated heterocycles. The van der Waals surface area contributed by atoms with Crippen molar-refractivity contribution in [2.45, 2.75) is 26.3 Å². The zero-order valence-corrected chi connectivity index (χ0v) is 15.3. The fraction of sp³-hybridized carbons (Fsp3) is 0.333. The van der Waals surface area contributed by atoms with Crippen molar-refractivity contribution in [3.8, 4) is 5.69 Å². The Balaban J connectivity index is 2.40. The summed E-state index contributed by atoms with van der Waals surface area (Å²) in [6.45, 7) is 4.95. The van der Waals surface area contributed by atoms with Crippen molar-refractivity contribution in [2.24, 2.45) is 0 Å². The fourth-order valence-corrected chi connectivity index (χ4v) is 2.95. The van der Waals surface area contributed by atoms with Gasteiger partial charge in [-0.1, -0.05) is 17.7 Å². The third kappa shape index (κ3) is 3.86. The number of halogens is 1. The van der Waals surface area contributed by atoms with E-state index in [0.717, 1.165) is 11.4 Å². The van der Waals surface area contributed by atoms with E-state index in [-0.39, 0.29) is 6.61 Å². The molecule has 2 rings (SSSR count). The minimum Gasteiger partial charge on any atom is -0.479 e. The van der Waals surface area contributed by atoms with E-state index in [1.54, 1.807) is 25.1 Å². The summed E-state index contributed by atoms with van der Waals surface area (Å²) < 4.78 is 6.83. The normalized spacial score (nSPS) is 13.3. The number of carbonyl (C=O) groups is 2. The van der Waals surface area contributed by atoms with E-state index in [1.807, 2.05) is 23.6 Å². The van der Waals surface area contributed by atoms with Gasteiger partial charge in [-0.2, -0.15) is 0 Å². The Morgan fingerprint density at radius 1 is 1.32 bits per heavy atom. The largest absolute Gasteiger partial charge is 0.479 e. The summed E-state index contributed by atoms with van der Waals surface area (Å²) in [4.78, 5) is 24.1. The number of aromatic nitrogens is 1. The SMILES string of the molecule is COCC(C)(NC(=O)c1cc(C)n(-c2cccc(Cl)c2)c1C)C(=O)O. The summed E-state index contributed by atoms with van der Waals surface area (Å²) in [5, 5.41) is 12.5. The number of hydrogen-bond acceptors (Lipinski definition) is 3. The Morgan fingerprint density at radius 3 is 2.56 bits per heavy atom. The van der Waals surface area contributed by atoms with Crippen molar-refractivity contribution in [2.75, 3.05) is 13.7 Å². The molecule has 0 aliphatic rings. The Bertz CT molecular complexity index is 815. The monoisotopic (exact) mass is 364 g/mol. The van der Waals surface area contributed by atoms with Crippen molar-refractivity contribution in [3.05, 3.63) is 52.3 Å². The maximum atomic E-state index is 12.7. The third-order valence-electron chi connectivity index (χ3n) is 4.04. The summed E-state index contributed by atoms with van der Waals surface area (Å²) in [7, 11) is 1.39. The lowest BCUT2D eigenvalue weighted by Crippen LogP contribution is -2.55. The minimum atomic E-state index is -1.51. The van der Waals surface area contributed by atoms with Gasteiger partial charge in [-0.05, 0) is 45.0 Å². The molecule has 1 atom stereocenters. The molecule has 7 heteroatoms. The van der Waals surface area contributed by atoms with E-state index >= 15 is 0 Å². The number of benzene rings is 1. The summed E-state index contributed by atoms with van der Waals surface area (Å²) in [6.07, 6.45) is 0. The van der Waals surface area contributed by atoms with Crippen molar-refractivity contribution in [3.63, 3.8) is 0 Å². The van der Waals surface area contributed by atoms with E-state index in [2.05, 4.69) is 5.32 Å². The highest BCUT2D eigenvalue weighted by atomic mass is 35.5. The molecule has 134 valence electrons. The zero-order valence-electron chi connectivity index (χ0n) is 14.6. The molecule has 6 nitrogen and oxygen atoms in total. The van der Waals surface area contributed by atoms with Gasteiger partial charge < -0.3 is 19.7 Å². The van der Waals surface area contributed by atoms with Gasteiger partial charge in [0.05, 0.1) is 12.2 Å². The molecule has 0 saturated carbocycles. The smallest absolute Gasteiger partial charge is 0.331 e. The van der Waals surface area contributed by atoms with Gasteiger partial charge in [0.1, 0.15) is 0 Å². The van der Waals surface area contributed by atoms with Crippen molar-refractivity contribution in [1.82, 2.24) is 9.88 Å². The first-order valence-electron chi connectivity index (χ1n) is 7.69. The molecule has 1 unspecified atom stereocenters. The second-order valence-corrected chi connectivity index (χ2v) is 6.56. The maximum Gasteiger partial charge on any atom is 0.331 e. The molecule has 0 fully saturated rings.